The van der Waals surface area contributed by atoms with E-state index in [0.717, 1.165) is 6.42 Å². The molecule has 0 aliphatic carbocycles. The Labute approximate surface area is 88.3 Å². The fourth-order valence-corrected chi connectivity index (χ4v) is 1.57. The van der Waals surface area contributed by atoms with Gasteiger partial charge in [0.05, 0.1) is 5.92 Å². The van der Waals surface area contributed by atoms with Crippen molar-refractivity contribution in [3.8, 4) is 11.5 Å². The number of carbonyl (C=O) groups is 1. The van der Waals surface area contributed by atoms with Crippen LogP contribution in [0.3, 0.4) is 0 Å². The van der Waals surface area contributed by atoms with Crippen molar-refractivity contribution in [2.45, 2.75) is 25.7 Å². The number of phenols is 2. The van der Waals surface area contributed by atoms with Gasteiger partial charge in [0.1, 0.15) is 0 Å². The number of carbonyl (C=O) groups excluding carboxylic acids is 1. The Morgan fingerprint density at radius 1 is 1.47 bits per heavy atom. The van der Waals surface area contributed by atoms with E-state index in [0.29, 0.717) is 12.0 Å². The lowest BCUT2D eigenvalue weighted by molar-refractivity contribution is -0.119. The summed E-state index contributed by atoms with van der Waals surface area (Å²) in [4.78, 5) is 11.2. The average molecular weight is 209 g/mol. The van der Waals surface area contributed by atoms with E-state index < -0.39 is 11.8 Å². The molecule has 0 fully saturated rings. The molecule has 0 radical (unpaired) electrons. The highest BCUT2D eigenvalue weighted by atomic mass is 16.3. The van der Waals surface area contributed by atoms with Crippen LogP contribution in [0.2, 0.25) is 0 Å². The third-order valence-electron chi connectivity index (χ3n) is 2.34. The molecule has 0 saturated carbocycles. The molecule has 1 aromatic rings. The molecule has 0 aliphatic rings. The van der Waals surface area contributed by atoms with Gasteiger partial charge in [0.25, 0.3) is 0 Å². The quantitative estimate of drug-likeness (QED) is 0.656. The number of aromatic hydroxyl groups is 2. The predicted molar refractivity (Wildman–Crippen MR) is 56.6 cm³/mol. The zero-order valence-corrected chi connectivity index (χ0v) is 8.60. The number of para-hydroxylation sites is 1. The van der Waals surface area contributed by atoms with Crippen LogP contribution in [0, 0.1) is 0 Å². The summed E-state index contributed by atoms with van der Waals surface area (Å²) < 4.78 is 0. The van der Waals surface area contributed by atoms with Gasteiger partial charge in [-0.25, -0.2) is 0 Å². The van der Waals surface area contributed by atoms with Crippen molar-refractivity contribution in [1.82, 2.24) is 0 Å². The van der Waals surface area contributed by atoms with Crippen LogP contribution in [0.5, 0.6) is 11.5 Å². The van der Waals surface area contributed by atoms with E-state index in [4.69, 9.17) is 5.73 Å². The molecule has 4 N–H and O–H groups in total. The summed E-state index contributed by atoms with van der Waals surface area (Å²) in [7, 11) is 0. The number of benzene rings is 1. The molecule has 1 amide bonds. The van der Waals surface area contributed by atoms with Crippen molar-refractivity contribution >= 4 is 5.91 Å². The molecule has 1 atom stereocenters. The van der Waals surface area contributed by atoms with Gasteiger partial charge in [-0.1, -0.05) is 25.5 Å². The molecule has 0 aliphatic heterocycles. The van der Waals surface area contributed by atoms with E-state index in [9.17, 15) is 15.0 Å². The molecular formula is C11H15NO3. The lowest BCUT2D eigenvalue weighted by atomic mass is 9.93. The minimum Gasteiger partial charge on any atom is -0.504 e. The number of phenolic OH excluding ortho intramolecular Hbond substituents is 2. The summed E-state index contributed by atoms with van der Waals surface area (Å²) in [5.41, 5.74) is 5.64. The van der Waals surface area contributed by atoms with Crippen LogP contribution >= 0.6 is 0 Å². The first-order chi connectivity index (χ1) is 7.07. The molecule has 0 aromatic heterocycles. The number of primary amides is 1. The molecule has 15 heavy (non-hydrogen) atoms. The van der Waals surface area contributed by atoms with Gasteiger partial charge in [0.2, 0.25) is 5.91 Å². The van der Waals surface area contributed by atoms with Crippen LogP contribution in [0.25, 0.3) is 0 Å². The van der Waals surface area contributed by atoms with Crippen LogP contribution in [0.4, 0.5) is 0 Å². The first-order valence-electron chi connectivity index (χ1n) is 4.88. The lowest BCUT2D eigenvalue weighted by Crippen LogP contribution is -2.21. The third kappa shape index (κ3) is 2.40. The molecule has 0 heterocycles. The van der Waals surface area contributed by atoms with Crippen molar-refractivity contribution in [2.24, 2.45) is 5.73 Å². The first-order valence-corrected chi connectivity index (χ1v) is 4.88. The van der Waals surface area contributed by atoms with Gasteiger partial charge in [0, 0.05) is 5.56 Å². The zero-order chi connectivity index (χ0) is 11.4. The summed E-state index contributed by atoms with van der Waals surface area (Å²) in [6.45, 7) is 1.93. The summed E-state index contributed by atoms with van der Waals surface area (Å²) in [5, 5.41) is 18.9. The Morgan fingerprint density at radius 3 is 2.67 bits per heavy atom. The van der Waals surface area contributed by atoms with E-state index in [2.05, 4.69) is 0 Å². The van der Waals surface area contributed by atoms with Crippen LogP contribution in [-0.4, -0.2) is 16.1 Å². The fraction of sp³-hybridized carbons (Fsp3) is 0.364. The molecule has 1 unspecified atom stereocenters. The van der Waals surface area contributed by atoms with Gasteiger partial charge in [0.15, 0.2) is 11.5 Å². The molecule has 1 aromatic carbocycles. The topological polar surface area (TPSA) is 83.6 Å². The summed E-state index contributed by atoms with van der Waals surface area (Å²) in [6.07, 6.45) is 1.34. The van der Waals surface area contributed by atoms with E-state index in [-0.39, 0.29) is 11.5 Å². The molecule has 0 saturated heterocycles. The van der Waals surface area contributed by atoms with E-state index in [1.807, 2.05) is 6.92 Å². The number of amides is 1. The summed E-state index contributed by atoms with van der Waals surface area (Å²) in [6, 6.07) is 4.54. The largest absolute Gasteiger partial charge is 0.504 e. The average Bonchev–Trinajstić information content (AvgIpc) is 2.19. The molecular weight excluding hydrogens is 194 g/mol. The predicted octanol–water partition coefficient (Wildman–Crippen LogP) is 1.47. The highest BCUT2D eigenvalue weighted by Gasteiger charge is 2.21. The minimum atomic E-state index is -0.540. The molecule has 82 valence electrons. The smallest absolute Gasteiger partial charge is 0.225 e. The van der Waals surface area contributed by atoms with E-state index in [1.54, 1.807) is 12.1 Å². The first kappa shape index (κ1) is 11.4. The van der Waals surface area contributed by atoms with Gasteiger partial charge >= 0.3 is 0 Å². The minimum absolute atomic E-state index is 0.227. The SMILES string of the molecule is CCCC(C(N)=O)c1cccc(O)c1O. The zero-order valence-electron chi connectivity index (χ0n) is 8.60. The van der Waals surface area contributed by atoms with Gasteiger partial charge in [-0.3, -0.25) is 4.79 Å². The van der Waals surface area contributed by atoms with E-state index in [1.165, 1.54) is 6.07 Å². The fourth-order valence-electron chi connectivity index (χ4n) is 1.57. The Bertz CT molecular complexity index is 363. The maximum absolute atomic E-state index is 11.2. The van der Waals surface area contributed by atoms with Crippen molar-refractivity contribution < 1.29 is 15.0 Å². The Balaban J connectivity index is 3.11. The number of rotatable bonds is 4. The van der Waals surface area contributed by atoms with Crippen molar-refractivity contribution in [3.63, 3.8) is 0 Å². The normalized spacial score (nSPS) is 12.3. The highest BCUT2D eigenvalue weighted by Crippen LogP contribution is 2.35. The molecule has 0 spiro atoms. The molecule has 1 rings (SSSR count). The maximum Gasteiger partial charge on any atom is 0.225 e. The summed E-state index contributed by atoms with van der Waals surface area (Å²) in [5.74, 6) is -1.51. The highest BCUT2D eigenvalue weighted by molar-refractivity contribution is 5.83. The lowest BCUT2D eigenvalue weighted by Gasteiger charge is -2.14. The second-order valence-corrected chi connectivity index (χ2v) is 3.46. The Kier molecular flexibility index (Phi) is 3.55. The van der Waals surface area contributed by atoms with Gasteiger partial charge in [-0.15, -0.1) is 0 Å². The van der Waals surface area contributed by atoms with Crippen LogP contribution in [0.15, 0.2) is 18.2 Å². The van der Waals surface area contributed by atoms with Crippen molar-refractivity contribution in [1.29, 1.82) is 0 Å². The number of hydrogen-bond donors (Lipinski definition) is 3. The standard InChI is InChI=1S/C11H15NO3/c1-2-4-8(11(12)15)7-5-3-6-9(13)10(7)14/h3,5-6,8,13-14H,2,4H2,1H3,(H2,12,15). The monoisotopic (exact) mass is 209 g/mol. The molecule has 0 bridgehead atoms. The van der Waals surface area contributed by atoms with Crippen LogP contribution in [-0.2, 0) is 4.79 Å². The van der Waals surface area contributed by atoms with Crippen molar-refractivity contribution in [2.75, 3.05) is 0 Å². The summed E-state index contributed by atoms with van der Waals surface area (Å²) >= 11 is 0. The Hall–Kier alpha value is -1.71. The molecule has 4 heteroatoms. The maximum atomic E-state index is 11.2. The molecule has 4 nitrogen and oxygen atoms in total. The van der Waals surface area contributed by atoms with E-state index >= 15 is 0 Å². The van der Waals surface area contributed by atoms with Crippen LogP contribution < -0.4 is 5.73 Å². The third-order valence-corrected chi connectivity index (χ3v) is 2.34. The van der Waals surface area contributed by atoms with Gasteiger partial charge in [-0.2, -0.15) is 0 Å². The Morgan fingerprint density at radius 2 is 2.13 bits per heavy atom. The number of hydrogen-bond acceptors (Lipinski definition) is 3. The van der Waals surface area contributed by atoms with Crippen LogP contribution in [0.1, 0.15) is 31.2 Å². The van der Waals surface area contributed by atoms with Gasteiger partial charge in [-0.05, 0) is 12.5 Å². The number of nitrogens with two attached hydrogens (primary N) is 1. The second-order valence-electron chi connectivity index (χ2n) is 3.46. The van der Waals surface area contributed by atoms with Crippen molar-refractivity contribution in [3.05, 3.63) is 23.8 Å². The second kappa shape index (κ2) is 4.68. The van der Waals surface area contributed by atoms with Gasteiger partial charge < -0.3 is 15.9 Å².